The number of halogens is 7. The van der Waals surface area contributed by atoms with Crippen LogP contribution in [0.25, 0.3) is 0 Å². The van der Waals surface area contributed by atoms with Gasteiger partial charge in [-0.2, -0.15) is 26.3 Å². The van der Waals surface area contributed by atoms with Crippen molar-refractivity contribution < 1.29 is 36.2 Å². The maximum absolute atomic E-state index is 12.7. The molecule has 2 nitrogen and oxygen atoms in total. The van der Waals surface area contributed by atoms with Gasteiger partial charge in [-0.1, -0.05) is 0 Å². The highest BCUT2D eigenvalue weighted by atomic mass is 35.5. The lowest BCUT2D eigenvalue weighted by molar-refractivity contribution is -0.143. The fourth-order valence-electron chi connectivity index (χ4n) is 2.43. The predicted molar refractivity (Wildman–Crippen MR) is 70.3 cm³/mol. The van der Waals surface area contributed by atoms with E-state index in [1.54, 1.807) is 0 Å². The third-order valence-electron chi connectivity index (χ3n) is 3.63. The summed E-state index contributed by atoms with van der Waals surface area (Å²) in [5.41, 5.74) is -2.88. The molecule has 1 aliphatic carbocycles. The molecule has 1 aliphatic rings. The topological polar surface area (TPSA) is 29.5 Å². The van der Waals surface area contributed by atoms with Gasteiger partial charge in [0.25, 0.3) is 0 Å². The monoisotopic (exact) mass is 362 g/mol. The van der Waals surface area contributed by atoms with E-state index in [1.807, 2.05) is 0 Å². The lowest BCUT2D eigenvalue weighted by Crippen LogP contribution is -2.21. The van der Waals surface area contributed by atoms with E-state index < -0.39 is 41.3 Å². The molecule has 0 aliphatic heterocycles. The number of hydrogen-bond donors (Lipinski definition) is 1. The maximum Gasteiger partial charge on any atom is 0.416 e. The van der Waals surface area contributed by atoms with Gasteiger partial charge in [0, 0.05) is 11.3 Å². The summed E-state index contributed by atoms with van der Waals surface area (Å²) in [6.45, 7) is -0.205. The molecule has 2 rings (SSSR count). The van der Waals surface area contributed by atoms with Gasteiger partial charge < -0.3 is 9.84 Å². The molecule has 0 bridgehead atoms. The first-order chi connectivity index (χ1) is 10.5. The van der Waals surface area contributed by atoms with Crippen molar-refractivity contribution in [1.29, 1.82) is 0 Å². The fraction of sp³-hybridized carbons (Fsp3) is 0.571. The average molecular weight is 363 g/mol. The zero-order valence-electron chi connectivity index (χ0n) is 11.6. The van der Waals surface area contributed by atoms with E-state index >= 15 is 0 Å². The first-order valence-corrected chi connectivity index (χ1v) is 7.15. The van der Waals surface area contributed by atoms with E-state index in [1.165, 1.54) is 0 Å². The lowest BCUT2D eigenvalue weighted by atomic mass is 10.1. The Labute approximate surface area is 133 Å². The molecule has 1 N–H and O–H groups in total. The van der Waals surface area contributed by atoms with Crippen LogP contribution in [0.4, 0.5) is 26.3 Å². The van der Waals surface area contributed by atoms with Crippen molar-refractivity contribution in [3.8, 4) is 5.75 Å². The second-order valence-electron chi connectivity index (χ2n) is 5.45. The molecular weight excluding hydrogens is 350 g/mol. The van der Waals surface area contributed by atoms with Crippen molar-refractivity contribution in [3.63, 3.8) is 0 Å². The quantitative estimate of drug-likeness (QED) is 0.634. The van der Waals surface area contributed by atoms with Crippen LogP contribution < -0.4 is 4.74 Å². The highest BCUT2D eigenvalue weighted by Crippen LogP contribution is 2.38. The summed E-state index contributed by atoms with van der Waals surface area (Å²) in [6.07, 6.45) is -9.94. The first-order valence-electron chi connectivity index (χ1n) is 6.71. The molecule has 0 radical (unpaired) electrons. The first kappa shape index (κ1) is 18.2. The zero-order chi connectivity index (χ0) is 17.4. The molecule has 1 saturated carbocycles. The van der Waals surface area contributed by atoms with Gasteiger partial charge in [-0.05, 0) is 31.0 Å². The molecule has 130 valence electrons. The van der Waals surface area contributed by atoms with Crippen LogP contribution in [-0.4, -0.2) is 23.2 Å². The van der Waals surface area contributed by atoms with Crippen LogP contribution in [-0.2, 0) is 12.4 Å². The molecule has 1 aromatic rings. The van der Waals surface area contributed by atoms with Crippen molar-refractivity contribution in [2.75, 3.05) is 6.61 Å². The fourth-order valence-corrected chi connectivity index (χ4v) is 2.84. The van der Waals surface area contributed by atoms with Crippen LogP contribution >= 0.6 is 11.6 Å². The molecule has 0 saturated heterocycles. The SMILES string of the molecule is O[C@@H]1C[C@@H](Cl)C[C@H]1COc1cc(C(F)(F)F)cc(C(F)(F)F)c1. The van der Waals surface area contributed by atoms with E-state index in [9.17, 15) is 31.4 Å². The smallest absolute Gasteiger partial charge is 0.416 e. The summed E-state index contributed by atoms with van der Waals surface area (Å²) in [6, 6.07) is 1.05. The van der Waals surface area contributed by atoms with Crippen LogP contribution in [0.1, 0.15) is 24.0 Å². The minimum Gasteiger partial charge on any atom is -0.493 e. The molecule has 1 aromatic carbocycles. The van der Waals surface area contributed by atoms with Crippen molar-refractivity contribution in [1.82, 2.24) is 0 Å². The minimum absolute atomic E-state index is 0.0338. The number of ether oxygens (including phenoxy) is 1. The summed E-state index contributed by atoms with van der Waals surface area (Å²) < 4.78 is 81.3. The summed E-state index contributed by atoms with van der Waals surface area (Å²) in [4.78, 5) is 0. The van der Waals surface area contributed by atoms with Crippen molar-refractivity contribution >= 4 is 11.6 Å². The van der Waals surface area contributed by atoms with Crippen LogP contribution in [0.15, 0.2) is 18.2 Å². The lowest BCUT2D eigenvalue weighted by Gasteiger charge is -2.18. The number of aliphatic hydroxyl groups is 1. The molecule has 1 fully saturated rings. The molecule has 0 aromatic heterocycles. The summed E-state index contributed by atoms with van der Waals surface area (Å²) in [7, 11) is 0. The molecule has 3 atom stereocenters. The Bertz CT molecular complexity index is 525. The van der Waals surface area contributed by atoms with E-state index in [-0.39, 0.29) is 18.1 Å². The molecule has 0 unspecified atom stereocenters. The highest BCUT2D eigenvalue weighted by molar-refractivity contribution is 6.20. The van der Waals surface area contributed by atoms with Gasteiger partial charge >= 0.3 is 12.4 Å². The number of hydrogen-bond acceptors (Lipinski definition) is 2. The highest BCUT2D eigenvalue weighted by Gasteiger charge is 2.37. The van der Waals surface area contributed by atoms with Gasteiger partial charge in [0.15, 0.2) is 0 Å². The number of benzene rings is 1. The largest absolute Gasteiger partial charge is 0.493 e. The Morgan fingerprint density at radius 3 is 1.91 bits per heavy atom. The molecule has 9 heteroatoms. The molecule has 0 heterocycles. The molecule has 0 amide bonds. The van der Waals surface area contributed by atoms with E-state index in [2.05, 4.69) is 0 Å². The van der Waals surface area contributed by atoms with Crippen LogP contribution in [0.2, 0.25) is 0 Å². The Morgan fingerprint density at radius 1 is 1.00 bits per heavy atom. The zero-order valence-corrected chi connectivity index (χ0v) is 12.3. The normalized spacial score (nSPS) is 25.7. The van der Waals surface area contributed by atoms with Crippen LogP contribution in [0.5, 0.6) is 5.75 Å². The predicted octanol–water partition coefficient (Wildman–Crippen LogP) is 4.48. The molecule has 23 heavy (non-hydrogen) atoms. The van der Waals surface area contributed by atoms with Gasteiger partial charge in [0.1, 0.15) is 5.75 Å². The Kier molecular flexibility index (Phi) is 5.06. The Balaban J connectivity index is 2.20. The third kappa shape index (κ3) is 4.67. The summed E-state index contributed by atoms with van der Waals surface area (Å²) in [5, 5.41) is 9.39. The maximum atomic E-state index is 12.7. The summed E-state index contributed by atoms with van der Waals surface area (Å²) >= 11 is 5.84. The van der Waals surface area contributed by atoms with Gasteiger partial charge in [-0.15, -0.1) is 11.6 Å². The average Bonchev–Trinajstić information content (AvgIpc) is 2.72. The standard InChI is InChI=1S/C14H13ClF6O2/c15-10-1-7(12(22)5-10)6-23-11-3-8(13(16,17)18)2-9(4-11)14(19,20)21/h2-4,7,10,12,22H,1,5-6H2/t7-,10-,12+/m0/s1. The number of aliphatic hydroxyl groups excluding tert-OH is 1. The van der Waals surface area contributed by atoms with E-state index in [0.29, 0.717) is 25.0 Å². The van der Waals surface area contributed by atoms with Gasteiger partial charge in [0.05, 0.1) is 23.8 Å². The Hall–Kier alpha value is -1.15. The number of rotatable bonds is 3. The molecular formula is C14H13ClF6O2. The summed E-state index contributed by atoms with van der Waals surface area (Å²) in [5.74, 6) is -0.973. The molecule has 0 spiro atoms. The second-order valence-corrected chi connectivity index (χ2v) is 6.07. The van der Waals surface area contributed by atoms with E-state index in [0.717, 1.165) is 0 Å². The van der Waals surface area contributed by atoms with E-state index in [4.69, 9.17) is 16.3 Å². The number of alkyl halides is 7. The van der Waals surface area contributed by atoms with Gasteiger partial charge in [-0.3, -0.25) is 0 Å². The van der Waals surface area contributed by atoms with Crippen molar-refractivity contribution in [3.05, 3.63) is 29.3 Å². The third-order valence-corrected chi connectivity index (χ3v) is 3.98. The van der Waals surface area contributed by atoms with Gasteiger partial charge in [-0.25, -0.2) is 0 Å². The minimum atomic E-state index is -4.92. The van der Waals surface area contributed by atoms with Crippen LogP contribution in [0, 0.1) is 5.92 Å². The Morgan fingerprint density at radius 2 is 1.52 bits per heavy atom. The second kappa shape index (κ2) is 6.39. The van der Waals surface area contributed by atoms with Crippen molar-refractivity contribution in [2.24, 2.45) is 5.92 Å². The van der Waals surface area contributed by atoms with Gasteiger partial charge in [0.2, 0.25) is 0 Å². The van der Waals surface area contributed by atoms with Crippen molar-refractivity contribution in [2.45, 2.75) is 36.7 Å². The van der Waals surface area contributed by atoms with Crippen LogP contribution in [0.3, 0.4) is 0 Å².